The molecule has 0 spiro atoms. The molecule has 0 aromatic heterocycles. The summed E-state index contributed by atoms with van der Waals surface area (Å²) in [5.74, 6) is 0.476. The van der Waals surface area contributed by atoms with Gasteiger partial charge in [0.25, 0.3) is 0 Å². The summed E-state index contributed by atoms with van der Waals surface area (Å²) in [6.45, 7) is 6.66. The second kappa shape index (κ2) is 8.49. The fourth-order valence-electron chi connectivity index (χ4n) is 3.41. The molecule has 0 saturated carbocycles. The summed E-state index contributed by atoms with van der Waals surface area (Å²) in [4.78, 5) is 2.46. The molecular weight excluding hydrogens is 345 g/mol. The van der Waals surface area contributed by atoms with Gasteiger partial charge in [0.1, 0.15) is 5.82 Å². The molecule has 0 bridgehead atoms. The largest absolute Gasteiger partial charge is 0.371 e. The van der Waals surface area contributed by atoms with E-state index < -0.39 is 0 Å². The van der Waals surface area contributed by atoms with E-state index in [0.29, 0.717) is 10.8 Å². The molecule has 0 radical (unpaired) electrons. The summed E-state index contributed by atoms with van der Waals surface area (Å²) in [6.07, 6.45) is 2.59. The number of anilines is 2. The van der Waals surface area contributed by atoms with E-state index in [1.807, 2.05) is 0 Å². The number of piperidine rings is 1. The lowest BCUT2D eigenvalue weighted by Crippen LogP contribution is -2.34. The van der Waals surface area contributed by atoms with E-state index in [0.717, 1.165) is 19.0 Å². The van der Waals surface area contributed by atoms with E-state index in [1.165, 1.54) is 36.2 Å². The van der Waals surface area contributed by atoms with Crippen molar-refractivity contribution in [2.45, 2.75) is 32.7 Å². The number of hydrogen-bond acceptors (Lipinski definition) is 2. The van der Waals surface area contributed by atoms with Crippen molar-refractivity contribution in [3.8, 4) is 0 Å². The molecule has 2 aromatic carbocycles. The molecule has 26 heavy (non-hydrogen) atoms. The van der Waals surface area contributed by atoms with Crippen molar-refractivity contribution in [1.82, 2.24) is 5.32 Å². The van der Waals surface area contributed by atoms with Gasteiger partial charge in [-0.15, -0.1) is 0 Å². The number of thiocarbonyl (C=S) groups is 1. The minimum Gasteiger partial charge on any atom is -0.371 e. The summed E-state index contributed by atoms with van der Waals surface area (Å²) in [7, 11) is 0. The zero-order valence-electron chi connectivity index (χ0n) is 15.3. The highest BCUT2D eigenvalue weighted by atomic mass is 32.1. The van der Waals surface area contributed by atoms with Gasteiger partial charge in [-0.3, -0.25) is 0 Å². The number of nitrogens with zero attached hydrogens (tertiary/aromatic N) is 1. The topological polar surface area (TPSA) is 27.3 Å². The molecule has 1 heterocycles. The second-order valence-corrected chi connectivity index (χ2v) is 7.52. The zero-order valence-corrected chi connectivity index (χ0v) is 16.2. The van der Waals surface area contributed by atoms with Gasteiger partial charge in [0.05, 0.1) is 6.04 Å². The van der Waals surface area contributed by atoms with E-state index in [2.05, 4.69) is 53.6 Å². The average molecular weight is 372 g/mol. The molecule has 2 atom stereocenters. The van der Waals surface area contributed by atoms with E-state index in [9.17, 15) is 4.39 Å². The molecule has 0 amide bonds. The van der Waals surface area contributed by atoms with Crippen LogP contribution in [0.2, 0.25) is 0 Å². The van der Waals surface area contributed by atoms with Crippen LogP contribution in [-0.4, -0.2) is 18.2 Å². The minimum absolute atomic E-state index is 0.0675. The maximum absolute atomic E-state index is 13.3. The maximum atomic E-state index is 13.3. The first kappa shape index (κ1) is 18.6. The van der Waals surface area contributed by atoms with Crippen molar-refractivity contribution in [1.29, 1.82) is 0 Å². The smallest absolute Gasteiger partial charge is 0.171 e. The maximum Gasteiger partial charge on any atom is 0.171 e. The first-order valence-electron chi connectivity index (χ1n) is 9.19. The second-order valence-electron chi connectivity index (χ2n) is 7.12. The summed E-state index contributed by atoms with van der Waals surface area (Å²) in [6, 6.07) is 15.0. The van der Waals surface area contributed by atoms with E-state index in [-0.39, 0.29) is 11.9 Å². The molecule has 1 aliphatic heterocycles. The standard InChI is InChI=1S/C21H26FN3S/c1-15-5-4-12-25(14-15)20-10-8-17(9-11-20)16(2)23-21(26)24-19-7-3-6-18(22)13-19/h3,6-11,13,15-16H,4-5,12,14H2,1-2H3,(H2,23,24,26)/t15-,16+/m1/s1. The molecule has 3 rings (SSSR count). The van der Waals surface area contributed by atoms with Crippen LogP contribution in [-0.2, 0) is 0 Å². The fraction of sp³-hybridized carbons (Fsp3) is 0.381. The Hall–Kier alpha value is -2.14. The zero-order chi connectivity index (χ0) is 18.5. The summed E-state index contributed by atoms with van der Waals surface area (Å²) >= 11 is 5.34. The summed E-state index contributed by atoms with van der Waals surface area (Å²) in [5, 5.41) is 6.76. The monoisotopic (exact) mass is 371 g/mol. The third kappa shape index (κ3) is 4.94. The van der Waals surface area contributed by atoms with E-state index >= 15 is 0 Å². The van der Waals surface area contributed by atoms with Crippen LogP contribution in [0.3, 0.4) is 0 Å². The Labute approximate surface area is 160 Å². The summed E-state index contributed by atoms with van der Waals surface area (Å²) < 4.78 is 13.3. The van der Waals surface area contributed by atoms with Crippen LogP contribution in [0, 0.1) is 11.7 Å². The highest BCUT2D eigenvalue weighted by molar-refractivity contribution is 7.80. The first-order chi connectivity index (χ1) is 12.5. The highest BCUT2D eigenvalue weighted by Crippen LogP contribution is 2.24. The normalized spacial score (nSPS) is 18.3. The number of hydrogen-bond donors (Lipinski definition) is 2. The van der Waals surface area contributed by atoms with Gasteiger partial charge in [-0.25, -0.2) is 4.39 Å². The van der Waals surface area contributed by atoms with Crippen molar-refractivity contribution in [3.63, 3.8) is 0 Å². The Kier molecular flexibility index (Phi) is 6.09. The highest BCUT2D eigenvalue weighted by Gasteiger charge is 2.17. The average Bonchev–Trinajstić information content (AvgIpc) is 2.61. The molecule has 1 aliphatic rings. The molecule has 138 valence electrons. The van der Waals surface area contributed by atoms with Crippen molar-refractivity contribution < 1.29 is 4.39 Å². The van der Waals surface area contributed by atoms with Gasteiger partial charge in [0, 0.05) is 24.5 Å². The van der Waals surface area contributed by atoms with Crippen LogP contribution in [0.4, 0.5) is 15.8 Å². The Balaban J connectivity index is 1.57. The molecular formula is C21H26FN3S. The molecule has 3 nitrogen and oxygen atoms in total. The number of nitrogens with one attached hydrogen (secondary N) is 2. The van der Waals surface area contributed by atoms with E-state index in [4.69, 9.17) is 12.2 Å². The number of benzene rings is 2. The fourth-order valence-corrected chi connectivity index (χ4v) is 3.71. The number of rotatable bonds is 4. The molecule has 0 aliphatic carbocycles. The molecule has 1 saturated heterocycles. The number of halogens is 1. The van der Waals surface area contributed by atoms with Gasteiger partial charge in [-0.2, -0.15) is 0 Å². The van der Waals surface area contributed by atoms with Crippen LogP contribution >= 0.6 is 12.2 Å². The van der Waals surface area contributed by atoms with Crippen molar-refractivity contribution in [2.75, 3.05) is 23.3 Å². The lowest BCUT2D eigenvalue weighted by atomic mass is 9.99. The molecule has 2 aromatic rings. The van der Waals surface area contributed by atoms with Gasteiger partial charge in [-0.1, -0.05) is 25.1 Å². The van der Waals surface area contributed by atoms with E-state index in [1.54, 1.807) is 12.1 Å². The Bertz CT molecular complexity index is 747. The molecule has 5 heteroatoms. The third-order valence-corrected chi connectivity index (χ3v) is 5.07. The molecule has 0 unspecified atom stereocenters. The third-order valence-electron chi connectivity index (χ3n) is 4.85. The van der Waals surface area contributed by atoms with Crippen molar-refractivity contribution in [2.24, 2.45) is 5.92 Å². The van der Waals surface area contributed by atoms with Crippen LogP contribution in [0.25, 0.3) is 0 Å². The van der Waals surface area contributed by atoms with Gasteiger partial charge >= 0.3 is 0 Å². The van der Waals surface area contributed by atoms with Gasteiger partial charge in [0.2, 0.25) is 0 Å². The first-order valence-corrected chi connectivity index (χ1v) is 9.60. The molecule has 2 N–H and O–H groups in total. The van der Waals surface area contributed by atoms with Crippen LogP contribution in [0.15, 0.2) is 48.5 Å². The Morgan fingerprint density at radius 2 is 2.00 bits per heavy atom. The SMILES string of the molecule is C[C@@H]1CCCN(c2ccc([C@H](C)NC(=S)Nc3cccc(F)c3)cc2)C1. The Morgan fingerprint density at radius 3 is 2.69 bits per heavy atom. The van der Waals surface area contributed by atoms with Crippen molar-refractivity contribution >= 4 is 28.7 Å². The van der Waals surface area contributed by atoms with Crippen LogP contribution in [0.1, 0.15) is 38.3 Å². The lowest BCUT2D eigenvalue weighted by molar-refractivity contribution is 0.447. The van der Waals surface area contributed by atoms with Crippen molar-refractivity contribution in [3.05, 3.63) is 59.9 Å². The summed E-state index contributed by atoms with van der Waals surface area (Å²) in [5.41, 5.74) is 3.10. The minimum atomic E-state index is -0.284. The lowest BCUT2D eigenvalue weighted by Gasteiger charge is -2.33. The Morgan fingerprint density at radius 1 is 1.23 bits per heavy atom. The van der Waals surface area contributed by atoms with Gasteiger partial charge in [-0.05, 0) is 73.8 Å². The predicted octanol–water partition coefficient (Wildman–Crippen LogP) is 5.11. The van der Waals surface area contributed by atoms with Crippen LogP contribution in [0.5, 0.6) is 0 Å². The predicted molar refractivity (Wildman–Crippen MR) is 111 cm³/mol. The van der Waals surface area contributed by atoms with Gasteiger partial charge in [0.15, 0.2) is 5.11 Å². The van der Waals surface area contributed by atoms with Gasteiger partial charge < -0.3 is 15.5 Å². The van der Waals surface area contributed by atoms with Crippen LogP contribution < -0.4 is 15.5 Å². The quantitative estimate of drug-likeness (QED) is 0.731. The molecule has 1 fully saturated rings.